The quantitative estimate of drug-likeness (QED) is 0.686. The summed E-state index contributed by atoms with van der Waals surface area (Å²) < 4.78 is 48.2. The molecule has 0 aliphatic carbocycles. The minimum absolute atomic E-state index is 0.0400. The van der Waals surface area contributed by atoms with E-state index in [9.17, 15) is 18.3 Å². The topological polar surface area (TPSA) is 64.5 Å². The highest BCUT2D eigenvalue weighted by Gasteiger charge is 2.32. The summed E-state index contributed by atoms with van der Waals surface area (Å²) >= 11 is 0. The van der Waals surface area contributed by atoms with Crippen molar-refractivity contribution < 1.29 is 27.8 Å². The summed E-state index contributed by atoms with van der Waals surface area (Å²) in [5, 5.41) is 10.1. The highest BCUT2D eigenvalue weighted by Crippen LogP contribution is 2.27. The molecule has 1 rings (SSSR count). The van der Waals surface area contributed by atoms with Gasteiger partial charge in [0, 0.05) is 19.2 Å². The first kappa shape index (κ1) is 21.3. The summed E-state index contributed by atoms with van der Waals surface area (Å²) in [4.78, 5) is 7.19. The molecule has 0 spiro atoms. The molecule has 0 aliphatic rings. The van der Waals surface area contributed by atoms with E-state index in [4.69, 9.17) is 9.47 Å². The zero-order valence-electron chi connectivity index (χ0n) is 14.5. The fraction of sp³-hybridized carbons (Fsp3) is 0.529. The van der Waals surface area contributed by atoms with Crippen LogP contribution in [-0.4, -0.2) is 41.0 Å². The lowest BCUT2D eigenvalue weighted by atomic mass is 9.97. The minimum atomic E-state index is -4.51. The average Bonchev–Trinajstić information content (AvgIpc) is 2.55. The number of halogens is 3. The molecule has 8 heteroatoms. The monoisotopic (exact) mass is 360 g/mol. The highest BCUT2D eigenvalue weighted by molar-refractivity contribution is 5.07. The van der Waals surface area contributed by atoms with E-state index in [2.05, 4.69) is 16.5 Å². The van der Waals surface area contributed by atoms with Crippen molar-refractivity contribution in [1.29, 1.82) is 0 Å². The van der Waals surface area contributed by atoms with Gasteiger partial charge in [-0.3, -0.25) is 0 Å². The summed E-state index contributed by atoms with van der Waals surface area (Å²) in [6, 6.07) is 0.809. The van der Waals surface area contributed by atoms with E-state index in [1.165, 1.54) is 13.2 Å². The Hall–Kier alpha value is -1.77. The van der Waals surface area contributed by atoms with Crippen molar-refractivity contribution in [2.24, 2.45) is 5.92 Å². The van der Waals surface area contributed by atoms with Crippen LogP contribution in [0.3, 0.4) is 0 Å². The number of methoxy groups -OCH3 is 1. The van der Waals surface area contributed by atoms with E-state index in [-0.39, 0.29) is 25.0 Å². The maximum atomic E-state index is 12.6. The second-order valence-corrected chi connectivity index (χ2v) is 5.65. The van der Waals surface area contributed by atoms with Gasteiger partial charge in [-0.25, -0.2) is 9.97 Å². The van der Waals surface area contributed by atoms with Crippen LogP contribution in [0.25, 0.3) is 0 Å². The molecule has 0 amide bonds. The molecule has 0 aliphatic heterocycles. The Kier molecular flexibility index (Phi) is 8.21. The van der Waals surface area contributed by atoms with Crippen LogP contribution < -0.4 is 0 Å². The van der Waals surface area contributed by atoms with Gasteiger partial charge in [-0.05, 0) is 13.0 Å². The summed E-state index contributed by atoms with van der Waals surface area (Å²) in [5.74, 6) is -0.252. The number of nitrogens with zero attached hydrogens (tertiary/aromatic N) is 2. The molecule has 1 N–H and O–H groups in total. The number of rotatable bonds is 9. The lowest BCUT2D eigenvalue weighted by Gasteiger charge is -2.22. The molecule has 1 aromatic heterocycles. The van der Waals surface area contributed by atoms with Gasteiger partial charge in [0.15, 0.2) is 5.82 Å². The van der Waals surface area contributed by atoms with E-state index in [1.54, 1.807) is 6.92 Å². The maximum Gasteiger partial charge on any atom is 0.433 e. The number of ether oxygens (including phenoxy) is 2. The Morgan fingerprint density at radius 1 is 1.44 bits per heavy atom. The Morgan fingerprint density at radius 3 is 2.68 bits per heavy atom. The maximum absolute atomic E-state index is 12.6. The van der Waals surface area contributed by atoms with Gasteiger partial charge in [-0.2, -0.15) is 13.2 Å². The largest absolute Gasteiger partial charge is 0.433 e. The van der Waals surface area contributed by atoms with Crippen molar-refractivity contribution in [1.82, 2.24) is 9.97 Å². The van der Waals surface area contributed by atoms with Gasteiger partial charge in [-0.15, -0.1) is 6.58 Å². The predicted octanol–water partition coefficient (Wildman–Crippen LogP) is 3.16. The molecule has 140 valence electrons. The van der Waals surface area contributed by atoms with Gasteiger partial charge in [0.05, 0.1) is 12.7 Å². The van der Waals surface area contributed by atoms with Crippen molar-refractivity contribution in [2.45, 2.75) is 38.8 Å². The molecule has 0 saturated carbocycles. The Morgan fingerprint density at radius 2 is 2.12 bits per heavy atom. The van der Waals surface area contributed by atoms with Gasteiger partial charge in [0.2, 0.25) is 0 Å². The Bertz CT molecular complexity index is 591. The van der Waals surface area contributed by atoms with E-state index < -0.39 is 24.1 Å². The smallest absolute Gasteiger partial charge is 0.389 e. The fourth-order valence-electron chi connectivity index (χ4n) is 2.20. The van der Waals surface area contributed by atoms with Crippen molar-refractivity contribution in [3.63, 3.8) is 0 Å². The molecular formula is C17H23F3N2O3. The van der Waals surface area contributed by atoms with Crippen LogP contribution >= 0.6 is 0 Å². The van der Waals surface area contributed by atoms with Crippen molar-refractivity contribution in [2.75, 3.05) is 13.7 Å². The van der Waals surface area contributed by atoms with E-state index in [0.717, 1.165) is 17.8 Å². The number of hydrogen-bond acceptors (Lipinski definition) is 5. The lowest BCUT2D eigenvalue weighted by molar-refractivity contribution is -0.141. The van der Waals surface area contributed by atoms with Crippen molar-refractivity contribution in [3.05, 3.63) is 48.1 Å². The van der Waals surface area contributed by atoms with E-state index >= 15 is 0 Å². The van der Waals surface area contributed by atoms with Crippen LogP contribution in [0.5, 0.6) is 0 Å². The molecule has 0 saturated heterocycles. The Balaban J connectivity index is 2.56. The summed E-state index contributed by atoms with van der Waals surface area (Å²) in [6.07, 6.45) is -1.38. The first-order valence-electron chi connectivity index (χ1n) is 7.66. The lowest BCUT2D eigenvalue weighted by Crippen LogP contribution is -2.31. The number of hydrogen-bond donors (Lipinski definition) is 1. The minimum Gasteiger partial charge on any atom is -0.389 e. The number of aliphatic hydroxyl groups excluding tert-OH is 1. The molecule has 3 atom stereocenters. The molecule has 0 bridgehead atoms. The van der Waals surface area contributed by atoms with Crippen LogP contribution in [0.15, 0.2) is 36.6 Å². The Labute approximate surface area is 145 Å². The van der Waals surface area contributed by atoms with Gasteiger partial charge in [0.1, 0.15) is 18.4 Å². The normalized spacial score (nSPS) is 16.4. The molecule has 1 heterocycles. The molecule has 1 aromatic rings. The summed E-state index contributed by atoms with van der Waals surface area (Å²) in [7, 11) is 1.48. The molecule has 0 radical (unpaired) electrons. The molecule has 25 heavy (non-hydrogen) atoms. The predicted molar refractivity (Wildman–Crippen MR) is 86.6 cm³/mol. The molecule has 0 aromatic carbocycles. The van der Waals surface area contributed by atoms with Crippen LogP contribution in [0.4, 0.5) is 13.2 Å². The third kappa shape index (κ3) is 6.93. The molecule has 0 unspecified atom stereocenters. The third-order valence-electron chi connectivity index (χ3n) is 3.48. The van der Waals surface area contributed by atoms with Crippen molar-refractivity contribution in [3.8, 4) is 0 Å². The average molecular weight is 360 g/mol. The van der Waals surface area contributed by atoms with E-state index in [0.29, 0.717) is 0 Å². The highest BCUT2D eigenvalue weighted by atomic mass is 19.4. The molecular weight excluding hydrogens is 337 g/mol. The van der Waals surface area contributed by atoms with Gasteiger partial charge in [0.25, 0.3) is 0 Å². The number of alkyl halides is 3. The van der Waals surface area contributed by atoms with Gasteiger partial charge < -0.3 is 14.6 Å². The number of aromatic nitrogens is 2. The second kappa shape index (κ2) is 9.65. The van der Waals surface area contributed by atoms with Crippen LogP contribution in [0.2, 0.25) is 0 Å². The fourth-order valence-corrected chi connectivity index (χ4v) is 2.20. The summed E-state index contributed by atoms with van der Waals surface area (Å²) in [6.45, 7) is 7.26. The first-order valence-corrected chi connectivity index (χ1v) is 7.66. The summed E-state index contributed by atoms with van der Waals surface area (Å²) in [5.41, 5.74) is -0.183. The zero-order chi connectivity index (χ0) is 19.0. The standard InChI is InChI=1S/C17H23F3N2O3/c1-5-13(24-4)16(23)12(3)8-11(2)9-25-10-15-21-7-6-14(22-15)17(18,19)20/h5-8,12-13,16,23H,1,9-10H2,2-4H3/b11-8-/t12-,13+,16+/m1/s1. The number of aliphatic hydroxyl groups is 1. The van der Waals surface area contributed by atoms with Crippen LogP contribution in [0, 0.1) is 5.92 Å². The van der Waals surface area contributed by atoms with Crippen LogP contribution in [0.1, 0.15) is 25.4 Å². The van der Waals surface area contributed by atoms with E-state index in [1.807, 2.05) is 13.0 Å². The van der Waals surface area contributed by atoms with Crippen LogP contribution in [-0.2, 0) is 22.3 Å². The van der Waals surface area contributed by atoms with Gasteiger partial charge >= 0.3 is 6.18 Å². The SMILES string of the molecule is C=C[C@H](OC)[C@@H](O)[C@H](C)/C=C(/C)COCc1nccc(C(F)(F)F)n1. The van der Waals surface area contributed by atoms with Crippen molar-refractivity contribution >= 4 is 0 Å². The molecule has 5 nitrogen and oxygen atoms in total. The third-order valence-corrected chi connectivity index (χ3v) is 3.48. The molecule has 0 fully saturated rings. The van der Waals surface area contributed by atoms with Gasteiger partial charge in [-0.1, -0.05) is 24.6 Å². The zero-order valence-corrected chi connectivity index (χ0v) is 14.5. The first-order chi connectivity index (χ1) is 11.7. The second-order valence-electron chi connectivity index (χ2n) is 5.65.